The third kappa shape index (κ3) is 4.72. The summed E-state index contributed by atoms with van der Waals surface area (Å²) >= 11 is 0. The first kappa shape index (κ1) is 25.7. The minimum Gasteiger partial charge on any atom is -0.480 e. The topological polar surface area (TPSA) is 101 Å². The summed E-state index contributed by atoms with van der Waals surface area (Å²) in [7, 11) is 1.63. The maximum Gasteiger partial charge on any atom is 0.330 e. The number of para-hydroxylation sites is 3. The first-order chi connectivity index (χ1) is 20.1. The number of carbonyl (C=O) groups excluding carboxylic acids is 1. The zero-order valence-corrected chi connectivity index (χ0v) is 23.3. The number of piperazine rings is 1. The molecule has 0 radical (unpaired) electrons. The van der Waals surface area contributed by atoms with E-state index in [0.717, 1.165) is 71.7 Å². The van der Waals surface area contributed by atoms with Crippen molar-refractivity contribution in [2.45, 2.75) is 19.4 Å². The Labute approximate surface area is 237 Å². The number of H-pyrrole nitrogens is 1. The average Bonchev–Trinajstić information content (AvgIpc) is 3.76. The van der Waals surface area contributed by atoms with E-state index in [1.807, 2.05) is 66.6 Å². The molecule has 0 bridgehead atoms. The van der Waals surface area contributed by atoms with Crippen LogP contribution in [0.1, 0.15) is 24.1 Å². The summed E-state index contributed by atoms with van der Waals surface area (Å²) in [5.41, 5.74) is 4.12. The van der Waals surface area contributed by atoms with Gasteiger partial charge in [0.05, 0.1) is 47.7 Å². The van der Waals surface area contributed by atoms with Crippen molar-refractivity contribution in [1.82, 2.24) is 34.3 Å². The monoisotopic (exact) mass is 551 g/mol. The largest absolute Gasteiger partial charge is 0.480 e. The molecule has 10 heteroatoms. The lowest BCUT2D eigenvalue weighted by molar-refractivity contribution is 0.0782. The first-order valence-electron chi connectivity index (χ1n) is 14.1. The zero-order chi connectivity index (χ0) is 27.9. The molecular weight excluding hydrogens is 518 g/mol. The van der Waals surface area contributed by atoms with Gasteiger partial charge in [-0.05, 0) is 43.5 Å². The highest BCUT2D eigenvalue weighted by atomic mass is 16.5. The molecule has 10 nitrogen and oxygen atoms in total. The number of imidazole rings is 2. The van der Waals surface area contributed by atoms with Crippen molar-refractivity contribution in [3.8, 4) is 17.1 Å². The molecule has 5 aromatic rings. The molecule has 0 saturated carbocycles. The van der Waals surface area contributed by atoms with E-state index in [1.54, 1.807) is 11.7 Å². The molecule has 41 heavy (non-hydrogen) atoms. The quantitative estimate of drug-likeness (QED) is 0.339. The van der Waals surface area contributed by atoms with Crippen LogP contribution in [0, 0.1) is 12.8 Å². The predicted octanol–water partition coefficient (Wildman–Crippen LogP) is 4.66. The van der Waals surface area contributed by atoms with Gasteiger partial charge in [-0.2, -0.15) is 0 Å². The molecule has 210 valence electrons. The van der Waals surface area contributed by atoms with E-state index in [0.29, 0.717) is 30.7 Å². The summed E-state index contributed by atoms with van der Waals surface area (Å²) in [6.45, 7) is 6.50. The Morgan fingerprint density at radius 1 is 1.10 bits per heavy atom. The number of aromatic nitrogens is 5. The number of nitrogens with one attached hydrogen (secondary N) is 1. The van der Waals surface area contributed by atoms with E-state index in [-0.39, 0.29) is 12.1 Å². The van der Waals surface area contributed by atoms with E-state index in [2.05, 4.69) is 20.9 Å². The fraction of sp³-hybridized carbons (Fsp3) is 0.355. The number of carbonyl (C=O) groups is 1. The Bertz CT molecular complexity index is 1720. The number of nitrogens with zero attached hydrogens (tertiary/aromatic N) is 6. The van der Waals surface area contributed by atoms with Crippen molar-refractivity contribution in [3.63, 3.8) is 0 Å². The lowest BCUT2D eigenvalue weighted by atomic mass is 10.1. The Kier molecular flexibility index (Phi) is 6.64. The van der Waals surface area contributed by atoms with Crippen molar-refractivity contribution in [1.29, 1.82) is 0 Å². The van der Waals surface area contributed by atoms with Gasteiger partial charge in [-0.15, -0.1) is 0 Å². The Hall–Kier alpha value is -4.28. The standard InChI is InChI=1S/C31H33N7O3/c1-20-33-25-9-5-6-10-27(25)38(20)31(39)37-13-12-36(17-21-11-14-41-19-21)18-28(37)29-32-16-26(34-29)23-15-22-7-3-4-8-24(22)35-30(23)40-2/h3-10,15-16,21,28H,11-14,17-19H2,1-2H3,(H,32,34)/t21?,28-/m0/s1. The summed E-state index contributed by atoms with van der Waals surface area (Å²) in [5.74, 6) is 2.45. The van der Waals surface area contributed by atoms with Gasteiger partial charge < -0.3 is 19.4 Å². The molecular formula is C31H33N7O3. The molecule has 1 amide bonds. The minimum absolute atomic E-state index is 0.0899. The van der Waals surface area contributed by atoms with Crippen LogP contribution in [0.5, 0.6) is 5.88 Å². The number of ether oxygens (including phenoxy) is 2. The Morgan fingerprint density at radius 3 is 2.76 bits per heavy atom. The molecule has 2 atom stereocenters. The van der Waals surface area contributed by atoms with Gasteiger partial charge in [-0.25, -0.2) is 24.3 Å². The molecule has 2 aliphatic heterocycles. The van der Waals surface area contributed by atoms with Gasteiger partial charge >= 0.3 is 6.03 Å². The maximum absolute atomic E-state index is 14.2. The maximum atomic E-state index is 14.2. The molecule has 1 N–H and O–H groups in total. The second-order valence-corrected chi connectivity index (χ2v) is 10.9. The van der Waals surface area contributed by atoms with E-state index < -0.39 is 0 Å². The van der Waals surface area contributed by atoms with E-state index in [4.69, 9.17) is 19.4 Å². The van der Waals surface area contributed by atoms with Crippen LogP contribution in [-0.4, -0.2) is 86.8 Å². The fourth-order valence-electron chi connectivity index (χ4n) is 6.17. The third-order valence-electron chi connectivity index (χ3n) is 8.25. The molecule has 7 rings (SSSR count). The van der Waals surface area contributed by atoms with Crippen LogP contribution < -0.4 is 4.74 Å². The SMILES string of the molecule is COc1nc2ccccc2cc1-c1cnc([C@@H]2CN(CC3CCOC3)CCN2C(=O)n2c(C)nc3ccccc32)[nH]1. The van der Waals surface area contributed by atoms with Gasteiger partial charge in [-0.3, -0.25) is 4.90 Å². The summed E-state index contributed by atoms with van der Waals surface area (Å²) in [6, 6.07) is 17.4. The molecule has 5 heterocycles. The summed E-state index contributed by atoms with van der Waals surface area (Å²) in [5, 5.41) is 1.02. The summed E-state index contributed by atoms with van der Waals surface area (Å²) < 4.78 is 13.0. The van der Waals surface area contributed by atoms with Gasteiger partial charge in [0.1, 0.15) is 17.7 Å². The molecule has 2 aromatic carbocycles. The van der Waals surface area contributed by atoms with Gasteiger partial charge in [0.25, 0.3) is 0 Å². The number of amides is 1. The molecule has 2 aliphatic rings. The number of rotatable bonds is 5. The van der Waals surface area contributed by atoms with Crippen molar-refractivity contribution >= 4 is 28.0 Å². The predicted molar refractivity (Wildman–Crippen MR) is 156 cm³/mol. The van der Waals surface area contributed by atoms with E-state index in [9.17, 15) is 4.79 Å². The number of aromatic amines is 1. The highest BCUT2D eigenvalue weighted by Gasteiger charge is 2.36. The number of aryl methyl sites for hydroxylation is 1. The van der Waals surface area contributed by atoms with Crippen LogP contribution in [0.2, 0.25) is 0 Å². The van der Waals surface area contributed by atoms with Crippen LogP contribution in [0.15, 0.2) is 60.8 Å². The Morgan fingerprint density at radius 2 is 1.93 bits per heavy atom. The smallest absolute Gasteiger partial charge is 0.330 e. The number of benzene rings is 2. The highest BCUT2D eigenvalue weighted by Crippen LogP contribution is 2.33. The molecule has 2 fully saturated rings. The van der Waals surface area contributed by atoms with Crippen LogP contribution in [-0.2, 0) is 4.74 Å². The number of hydrogen-bond acceptors (Lipinski definition) is 7. The van der Waals surface area contributed by atoms with Crippen molar-refractivity contribution in [2.75, 3.05) is 46.5 Å². The second-order valence-electron chi connectivity index (χ2n) is 10.9. The first-order valence-corrected chi connectivity index (χ1v) is 14.1. The normalized spacial score (nSPS) is 19.8. The van der Waals surface area contributed by atoms with Gasteiger partial charge in [0.15, 0.2) is 0 Å². The van der Waals surface area contributed by atoms with E-state index >= 15 is 0 Å². The number of methoxy groups -OCH3 is 1. The summed E-state index contributed by atoms with van der Waals surface area (Å²) in [4.78, 5) is 36.3. The van der Waals surface area contributed by atoms with Crippen molar-refractivity contribution in [3.05, 3.63) is 72.4 Å². The minimum atomic E-state index is -0.271. The van der Waals surface area contributed by atoms with Crippen LogP contribution in [0.25, 0.3) is 33.2 Å². The lowest BCUT2D eigenvalue weighted by Crippen LogP contribution is -2.53. The second kappa shape index (κ2) is 10.6. The zero-order valence-electron chi connectivity index (χ0n) is 23.3. The molecule has 1 unspecified atom stereocenters. The van der Waals surface area contributed by atoms with Crippen molar-refractivity contribution in [2.24, 2.45) is 5.92 Å². The van der Waals surface area contributed by atoms with Gasteiger partial charge in [0, 0.05) is 38.2 Å². The number of hydrogen-bond donors (Lipinski definition) is 1. The average molecular weight is 552 g/mol. The van der Waals surface area contributed by atoms with Crippen LogP contribution in [0.4, 0.5) is 4.79 Å². The highest BCUT2D eigenvalue weighted by molar-refractivity contribution is 5.90. The Balaban J connectivity index is 1.25. The molecule has 3 aromatic heterocycles. The van der Waals surface area contributed by atoms with Crippen molar-refractivity contribution < 1.29 is 14.3 Å². The summed E-state index contributed by atoms with van der Waals surface area (Å²) in [6.07, 6.45) is 2.89. The number of pyridine rings is 1. The molecule has 2 saturated heterocycles. The number of fused-ring (bicyclic) bond motifs is 2. The van der Waals surface area contributed by atoms with Crippen LogP contribution >= 0.6 is 0 Å². The molecule has 0 spiro atoms. The van der Waals surface area contributed by atoms with Gasteiger partial charge in [-0.1, -0.05) is 30.3 Å². The molecule has 0 aliphatic carbocycles. The van der Waals surface area contributed by atoms with Gasteiger partial charge in [0.2, 0.25) is 5.88 Å². The van der Waals surface area contributed by atoms with Crippen LogP contribution in [0.3, 0.4) is 0 Å². The lowest BCUT2D eigenvalue weighted by Gasteiger charge is -2.41. The third-order valence-corrected chi connectivity index (χ3v) is 8.25. The van der Waals surface area contributed by atoms with E-state index in [1.165, 1.54) is 0 Å². The fourth-order valence-corrected chi connectivity index (χ4v) is 6.17.